The molecule has 4 rings (SSSR count). The fraction of sp³-hybridized carbons (Fsp3) is 0.333. The number of carbonyl (C=O) groups excluding carboxylic acids is 1. The van der Waals surface area contributed by atoms with E-state index in [1.807, 2.05) is 17.5 Å². The van der Waals surface area contributed by atoms with Crippen molar-refractivity contribution in [1.82, 2.24) is 9.29 Å². The Morgan fingerprint density at radius 3 is 2.65 bits per heavy atom. The lowest BCUT2D eigenvalue weighted by Crippen LogP contribution is -2.35. The Kier molecular flexibility index (Phi) is 6.42. The summed E-state index contributed by atoms with van der Waals surface area (Å²) in [6.45, 7) is 2.82. The molecule has 1 amide bonds. The van der Waals surface area contributed by atoms with E-state index in [1.54, 1.807) is 24.3 Å². The van der Waals surface area contributed by atoms with Crippen LogP contribution in [0.25, 0.3) is 9.88 Å². The Balaban J connectivity index is 1.62. The van der Waals surface area contributed by atoms with Crippen LogP contribution >= 0.6 is 22.7 Å². The molecule has 0 bridgehead atoms. The largest absolute Gasteiger partial charge is 0.495 e. The highest BCUT2D eigenvalue weighted by atomic mass is 32.2. The Bertz CT molecular complexity index is 1180. The predicted molar refractivity (Wildman–Crippen MR) is 124 cm³/mol. The molecular formula is C21H23N3O4S3. The topological polar surface area (TPSA) is 88.6 Å². The van der Waals surface area contributed by atoms with Gasteiger partial charge in [0.05, 0.1) is 28.3 Å². The van der Waals surface area contributed by atoms with Gasteiger partial charge < -0.3 is 10.1 Å². The van der Waals surface area contributed by atoms with Gasteiger partial charge in [-0.2, -0.15) is 4.31 Å². The Morgan fingerprint density at radius 2 is 1.97 bits per heavy atom. The monoisotopic (exact) mass is 477 g/mol. The lowest BCUT2D eigenvalue weighted by atomic mass is 10.2. The van der Waals surface area contributed by atoms with Crippen molar-refractivity contribution in [2.45, 2.75) is 31.1 Å². The van der Waals surface area contributed by atoms with Crippen molar-refractivity contribution in [2.75, 3.05) is 25.5 Å². The van der Waals surface area contributed by atoms with E-state index >= 15 is 0 Å². The maximum absolute atomic E-state index is 13.0. The molecule has 2 aromatic heterocycles. The molecule has 1 aliphatic heterocycles. The van der Waals surface area contributed by atoms with Crippen molar-refractivity contribution in [3.8, 4) is 15.6 Å². The first-order valence-electron chi connectivity index (χ1n) is 9.91. The molecule has 0 unspecified atom stereocenters. The molecule has 0 spiro atoms. The van der Waals surface area contributed by atoms with Crippen molar-refractivity contribution in [3.05, 3.63) is 46.3 Å². The van der Waals surface area contributed by atoms with Crippen molar-refractivity contribution in [2.24, 2.45) is 0 Å². The number of methoxy groups -OCH3 is 1. The van der Waals surface area contributed by atoms with Gasteiger partial charge in [0, 0.05) is 13.1 Å². The van der Waals surface area contributed by atoms with Crippen LogP contribution in [0.2, 0.25) is 0 Å². The summed E-state index contributed by atoms with van der Waals surface area (Å²) in [4.78, 5) is 19.1. The summed E-state index contributed by atoms with van der Waals surface area (Å²) in [5.74, 6) is 0.0511. The first-order chi connectivity index (χ1) is 14.9. The Labute approximate surface area is 189 Å². The van der Waals surface area contributed by atoms with E-state index in [-0.39, 0.29) is 10.8 Å². The van der Waals surface area contributed by atoms with Crippen LogP contribution in [-0.2, 0) is 10.0 Å². The second-order valence-electron chi connectivity index (χ2n) is 7.19. The summed E-state index contributed by atoms with van der Waals surface area (Å²) in [5.41, 5.74) is 0.943. The molecule has 0 atom stereocenters. The third kappa shape index (κ3) is 4.52. The van der Waals surface area contributed by atoms with E-state index in [9.17, 15) is 13.2 Å². The number of aryl methyl sites for hydroxylation is 1. The molecule has 1 N–H and O–H groups in total. The Hall–Kier alpha value is -2.27. The average Bonchev–Trinajstić information content (AvgIpc) is 3.44. The third-order valence-electron chi connectivity index (χ3n) is 5.11. The van der Waals surface area contributed by atoms with E-state index in [2.05, 4.69) is 10.3 Å². The number of thiazole rings is 1. The van der Waals surface area contributed by atoms with Crippen LogP contribution in [0.4, 0.5) is 5.69 Å². The van der Waals surface area contributed by atoms with Crippen LogP contribution in [0.1, 0.15) is 34.6 Å². The summed E-state index contributed by atoms with van der Waals surface area (Å²) < 4.78 is 33.0. The van der Waals surface area contributed by atoms with E-state index < -0.39 is 10.0 Å². The summed E-state index contributed by atoms with van der Waals surface area (Å²) in [6, 6.07) is 8.46. The van der Waals surface area contributed by atoms with E-state index in [0.717, 1.165) is 29.1 Å². The molecule has 1 saturated heterocycles. The number of rotatable bonds is 6. The zero-order valence-electron chi connectivity index (χ0n) is 17.3. The Morgan fingerprint density at radius 1 is 1.19 bits per heavy atom. The number of hydrogen-bond donors (Lipinski definition) is 1. The SMILES string of the molecule is COc1ccc(S(=O)(=O)N2CCCCC2)cc1NC(=O)c1sc(-c2cccs2)nc1C. The fourth-order valence-corrected chi connectivity index (χ4v) is 6.79. The minimum Gasteiger partial charge on any atom is -0.495 e. The molecule has 10 heteroatoms. The summed E-state index contributed by atoms with van der Waals surface area (Å²) in [6.07, 6.45) is 2.75. The number of benzene rings is 1. The van der Waals surface area contributed by atoms with Crippen LogP contribution in [0.5, 0.6) is 5.75 Å². The quantitative estimate of drug-likeness (QED) is 0.560. The highest BCUT2D eigenvalue weighted by Crippen LogP contribution is 2.33. The second kappa shape index (κ2) is 9.07. The highest BCUT2D eigenvalue weighted by Gasteiger charge is 2.27. The molecule has 0 radical (unpaired) electrons. The van der Waals surface area contributed by atoms with Crippen molar-refractivity contribution >= 4 is 44.3 Å². The number of nitrogens with one attached hydrogen (secondary N) is 1. The number of nitrogens with zero attached hydrogens (tertiary/aromatic N) is 2. The van der Waals surface area contributed by atoms with Crippen molar-refractivity contribution in [1.29, 1.82) is 0 Å². The number of aromatic nitrogens is 1. The van der Waals surface area contributed by atoms with Gasteiger partial charge in [0.15, 0.2) is 0 Å². The molecule has 1 fully saturated rings. The zero-order valence-corrected chi connectivity index (χ0v) is 19.7. The number of piperidine rings is 1. The third-order valence-corrected chi connectivity index (χ3v) is 9.20. The van der Waals surface area contributed by atoms with Gasteiger partial charge in [0.1, 0.15) is 15.6 Å². The fourth-order valence-electron chi connectivity index (χ4n) is 3.49. The van der Waals surface area contributed by atoms with E-state index in [4.69, 9.17) is 4.74 Å². The number of thiophene rings is 1. The minimum atomic E-state index is -3.63. The maximum atomic E-state index is 13.0. The molecule has 0 aliphatic carbocycles. The number of carbonyl (C=O) groups is 1. The lowest BCUT2D eigenvalue weighted by molar-refractivity contribution is 0.102. The standard InChI is InChI=1S/C21H23N3O4S3/c1-14-19(30-21(22-14)18-7-6-12-29-18)20(25)23-16-13-15(8-9-17(16)28-2)31(26,27)24-10-4-3-5-11-24/h6-9,12-13H,3-5,10-11H2,1-2H3,(H,23,25). The first-order valence-corrected chi connectivity index (χ1v) is 13.0. The van der Waals surface area contributed by atoms with Gasteiger partial charge in [0.25, 0.3) is 5.91 Å². The first kappa shape index (κ1) is 21.9. The van der Waals surface area contributed by atoms with Crippen LogP contribution in [0.15, 0.2) is 40.6 Å². The van der Waals surface area contributed by atoms with Gasteiger partial charge in [-0.1, -0.05) is 12.5 Å². The van der Waals surface area contributed by atoms with Gasteiger partial charge in [0.2, 0.25) is 10.0 Å². The molecule has 31 heavy (non-hydrogen) atoms. The molecule has 3 aromatic rings. The summed E-state index contributed by atoms with van der Waals surface area (Å²) in [7, 11) is -2.14. The lowest BCUT2D eigenvalue weighted by Gasteiger charge is -2.26. The molecule has 7 nitrogen and oxygen atoms in total. The maximum Gasteiger partial charge on any atom is 0.267 e. The highest BCUT2D eigenvalue weighted by molar-refractivity contribution is 7.89. The minimum absolute atomic E-state index is 0.144. The van der Waals surface area contributed by atoms with Gasteiger partial charge >= 0.3 is 0 Å². The normalized spacial score (nSPS) is 15.0. The summed E-state index contributed by atoms with van der Waals surface area (Å²) in [5, 5.41) is 5.57. The molecule has 1 aromatic carbocycles. The molecule has 164 valence electrons. The number of amides is 1. The van der Waals surface area contributed by atoms with Gasteiger partial charge in [-0.15, -0.1) is 22.7 Å². The van der Waals surface area contributed by atoms with E-state index in [1.165, 1.54) is 34.9 Å². The number of sulfonamides is 1. The van der Waals surface area contributed by atoms with Crippen LogP contribution in [0.3, 0.4) is 0 Å². The molecule has 3 heterocycles. The van der Waals surface area contributed by atoms with Crippen molar-refractivity contribution in [3.63, 3.8) is 0 Å². The van der Waals surface area contributed by atoms with Crippen LogP contribution in [-0.4, -0.2) is 43.8 Å². The molecular weight excluding hydrogens is 454 g/mol. The van der Waals surface area contributed by atoms with Crippen LogP contribution in [0, 0.1) is 6.92 Å². The van der Waals surface area contributed by atoms with Gasteiger partial charge in [-0.25, -0.2) is 13.4 Å². The van der Waals surface area contributed by atoms with Crippen LogP contribution < -0.4 is 10.1 Å². The smallest absolute Gasteiger partial charge is 0.267 e. The zero-order chi connectivity index (χ0) is 22.0. The summed E-state index contributed by atoms with van der Waals surface area (Å²) >= 11 is 2.87. The van der Waals surface area contributed by atoms with Gasteiger partial charge in [-0.05, 0) is 49.4 Å². The molecule has 1 aliphatic rings. The predicted octanol–water partition coefficient (Wildman–Crippen LogP) is 4.62. The van der Waals surface area contributed by atoms with Crippen molar-refractivity contribution < 1.29 is 17.9 Å². The average molecular weight is 478 g/mol. The van der Waals surface area contributed by atoms with E-state index in [0.29, 0.717) is 35.1 Å². The van der Waals surface area contributed by atoms with Gasteiger partial charge in [-0.3, -0.25) is 4.79 Å². The number of anilines is 1. The second-order valence-corrected chi connectivity index (χ2v) is 11.1. The number of hydrogen-bond acceptors (Lipinski definition) is 7. The number of ether oxygens (including phenoxy) is 1. The molecule has 0 saturated carbocycles.